The summed E-state index contributed by atoms with van der Waals surface area (Å²) in [6.07, 6.45) is 4.27. The number of rotatable bonds is 10. The number of hydrogen-bond acceptors (Lipinski definition) is 4. The summed E-state index contributed by atoms with van der Waals surface area (Å²) < 4.78 is 0. The van der Waals surface area contributed by atoms with Crippen LogP contribution in [0.5, 0.6) is 5.75 Å². The second kappa shape index (κ2) is 10.9. The number of thioether (sulfide) groups is 1. The number of para-hydroxylation sites is 1. The number of benzene rings is 3. The van der Waals surface area contributed by atoms with Gasteiger partial charge >= 0.3 is 0 Å². The summed E-state index contributed by atoms with van der Waals surface area (Å²) in [5.74, 6) is -0.138. The zero-order chi connectivity index (χ0) is 23.1. The number of nitrogens with zero attached hydrogens (tertiary/aromatic N) is 1. The smallest absolute Gasteiger partial charge is 0.233 e. The third-order valence-electron chi connectivity index (χ3n) is 6.60. The molecule has 4 nitrogen and oxygen atoms in total. The largest absolute Gasteiger partial charge is 0.507 e. The molecule has 0 aromatic heterocycles. The summed E-state index contributed by atoms with van der Waals surface area (Å²) in [5.41, 5.74) is 7.04. The molecule has 0 saturated carbocycles. The number of phenolic OH excluding ortho intramolecular Hbond substituents is 1. The van der Waals surface area contributed by atoms with Gasteiger partial charge in [-0.05, 0) is 68.6 Å². The van der Waals surface area contributed by atoms with Crippen molar-refractivity contribution in [2.45, 2.75) is 41.2 Å². The molecule has 3 aromatic rings. The van der Waals surface area contributed by atoms with Crippen LogP contribution < -0.4 is 5.73 Å². The molecule has 172 valence electrons. The summed E-state index contributed by atoms with van der Waals surface area (Å²) >= 11 is 1.55. The number of carbonyl (C=O) groups excluding carboxylic acids is 1. The molecule has 4 rings (SSSR count). The highest BCUT2D eigenvalue weighted by atomic mass is 32.2. The summed E-state index contributed by atoms with van der Waals surface area (Å²) in [6, 6.07) is 27.1. The van der Waals surface area contributed by atoms with Crippen LogP contribution in [-0.4, -0.2) is 40.8 Å². The lowest BCUT2D eigenvalue weighted by atomic mass is 9.70. The number of primary amides is 1. The van der Waals surface area contributed by atoms with E-state index in [4.69, 9.17) is 5.73 Å². The summed E-state index contributed by atoms with van der Waals surface area (Å²) in [6.45, 7) is 3.31. The number of likely N-dealkylation sites (tertiary alicyclic amines) is 1. The Labute approximate surface area is 200 Å². The minimum atomic E-state index is -1.03. The van der Waals surface area contributed by atoms with Crippen molar-refractivity contribution in [1.29, 1.82) is 0 Å². The molecule has 0 aliphatic carbocycles. The van der Waals surface area contributed by atoms with Gasteiger partial charge in [0.05, 0.1) is 0 Å². The Balaban J connectivity index is 1.79. The topological polar surface area (TPSA) is 66.6 Å². The highest BCUT2D eigenvalue weighted by Gasteiger charge is 2.48. The third kappa shape index (κ3) is 5.10. The third-order valence-corrected chi connectivity index (χ3v) is 8.08. The lowest BCUT2D eigenvalue weighted by Gasteiger charge is -2.39. The van der Waals surface area contributed by atoms with Crippen LogP contribution in [0.4, 0.5) is 0 Å². The molecule has 3 N–H and O–H groups in total. The molecule has 1 aliphatic rings. The van der Waals surface area contributed by atoms with Crippen LogP contribution in [-0.2, 0) is 10.2 Å². The van der Waals surface area contributed by atoms with E-state index in [2.05, 4.69) is 4.90 Å². The van der Waals surface area contributed by atoms with Crippen LogP contribution in [0.2, 0.25) is 0 Å². The second-order valence-electron chi connectivity index (χ2n) is 8.67. The Kier molecular flexibility index (Phi) is 7.73. The van der Waals surface area contributed by atoms with Gasteiger partial charge < -0.3 is 15.7 Å². The molecule has 1 aliphatic heterocycles. The number of aromatic hydroxyl groups is 1. The Hall–Kier alpha value is -2.76. The Bertz CT molecular complexity index is 997. The molecule has 33 heavy (non-hydrogen) atoms. The van der Waals surface area contributed by atoms with Crippen LogP contribution in [0, 0.1) is 0 Å². The number of nitrogens with two attached hydrogens (primary N) is 1. The summed E-state index contributed by atoms with van der Waals surface area (Å²) in [7, 11) is 0. The van der Waals surface area contributed by atoms with Gasteiger partial charge in [-0.3, -0.25) is 4.79 Å². The first-order valence-electron chi connectivity index (χ1n) is 11.7. The number of carbonyl (C=O) groups is 1. The van der Waals surface area contributed by atoms with E-state index < -0.39 is 5.41 Å². The normalized spacial score (nSPS) is 15.4. The van der Waals surface area contributed by atoms with Gasteiger partial charge in [0.15, 0.2) is 0 Å². The Morgan fingerprint density at radius 2 is 1.45 bits per heavy atom. The van der Waals surface area contributed by atoms with E-state index >= 15 is 0 Å². The van der Waals surface area contributed by atoms with Crippen molar-refractivity contribution >= 4 is 17.7 Å². The van der Waals surface area contributed by atoms with Crippen molar-refractivity contribution in [3.63, 3.8) is 0 Å². The molecule has 0 bridgehead atoms. The van der Waals surface area contributed by atoms with Crippen LogP contribution in [0.3, 0.4) is 0 Å². The minimum absolute atomic E-state index is 0.185. The first-order valence-corrected chi connectivity index (χ1v) is 12.6. The van der Waals surface area contributed by atoms with Gasteiger partial charge in [0.25, 0.3) is 0 Å². The Morgan fingerprint density at radius 1 is 0.909 bits per heavy atom. The van der Waals surface area contributed by atoms with Gasteiger partial charge in [-0.15, -0.1) is 11.8 Å². The van der Waals surface area contributed by atoms with E-state index in [-0.39, 0.29) is 16.9 Å². The summed E-state index contributed by atoms with van der Waals surface area (Å²) in [5, 5.41) is 10.4. The van der Waals surface area contributed by atoms with Crippen molar-refractivity contribution in [2.75, 3.05) is 19.6 Å². The molecule has 1 atom stereocenters. The van der Waals surface area contributed by atoms with Gasteiger partial charge in [0, 0.05) is 10.1 Å². The quantitative estimate of drug-likeness (QED) is 0.408. The van der Waals surface area contributed by atoms with E-state index in [1.807, 2.05) is 78.9 Å². The zero-order valence-electron chi connectivity index (χ0n) is 18.9. The number of phenols is 1. The maximum absolute atomic E-state index is 13.5. The van der Waals surface area contributed by atoms with Crippen molar-refractivity contribution < 1.29 is 9.90 Å². The fourth-order valence-corrected chi connectivity index (χ4v) is 6.47. The monoisotopic (exact) mass is 460 g/mol. The lowest BCUT2D eigenvalue weighted by molar-refractivity contribution is -0.122. The molecule has 1 saturated heterocycles. The fourth-order valence-electron chi connectivity index (χ4n) is 4.96. The van der Waals surface area contributed by atoms with Crippen molar-refractivity contribution in [1.82, 2.24) is 4.90 Å². The van der Waals surface area contributed by atoms with Gasteiger partial charge in [-0.2, -0.15) is 0 Å². The highest BCUT2D eigenvalue weighted by Crippen LogP contribution is 2.47. The molecule has 0 spiro atoms. The predicted molar refractivity (Wildman–Crippen MR) is 136 cm³/mol. The van der Waals surface area contributed by atoms with E-state index in [1.165, 1.54) is 12.8 Å². The molecule has 5 heteroatoms. The maximum Gasteiger partial charge on any atom is 0.233 e. The first-order chi connectivity index (χ1) is 16.1. The molecule has 1 heterocycles. The molecule has 0 radical (unpaired) electrons. The van der Waals surface area contributed by atoms with Crippen molar-refractivity contribution in [3.8, 4) is 5.75 Å². The molecular formula is C28H32N2O2S. The van der Waals surface area contributed by atoms with Crippen molar-refractivity contribution in [2.24, 2.45) is 5.73 Å². The molecule has 1 fully saturated rings. The summed E-state index contributed by atoms with van der Waals surface area (Å²) in [4.78, 5) is 16.8. The molecule has 1 amide bonds. The van der Waals surface area contributed by atoms with Gasteiger partial charge in [0.1, 0.15) is 11.2 Å². The molecular weight excluding hydrogens is 428 g/mol. The van der Waals surface area contributed by atoms with Crippen LogP contribution in [0.1, 0.15) is 36.8 Å². The second-order valence-corrected chi connectivity index (χ2v) is 9.91. The van der Waals surface area contributed by atoms with E-state index in [9.17, 15) is 9.90 Å². The van der Waals surface area contributed by atoms with E-state index in [1.54, 1.807) is 17.8 Å². The lowest BCUT2D eigenvalue weighted by Crippen LogP contribution is -2.50. The fraction of sp³-hybridized carbons (Fsp3) is 0.321. The van der Waals surface area contributed by atoms with E-state index in [0.717, 1.165) is 48.5 Å². The van der Waals surface area contributed by atoms with Crippen LogP contribution >= 0.6 is 11.8 Å². The number of amides is 1. The SMILES string of the molecule is NC(=O)C(c1ccccc1)(c1ccccc1)C(CCCN1CCCC1)Sc1ccccc1O. The van der Waals surface area contributed by atoms with Gasteiger partial charge in [-0.25, -0.2) is 0 Å². The Morgan fingerprint density at radius 3 is 2.00 bits per heavy atom. The molecule has 1 unspecified atom stereocenters. The molecule has 3 aromatic carbocycles. The highest BCUT2D eigenvalue weighted by molar-refractivity contribution is 8.00. The van der Waals surface area contributed by atoms with Gasteiger partial charge in [-0.1, -0.05) is 72.8 Å². The maximum atomic E-state index is 13.5. The standard InChI is InChI=1S/C28H32N2O2S/c29-27(32)28(22-12-3-1-4-13-22,23-14-5-2-6-15-23)26(18-11-21-30-19-9-10-20-30)33-25-17-8-7-16-24(25)31/h1-8,12-17,26,31H,9-11,18-21H2,(H2,29,32). The first kappa shape index (κ1) is 23.4. The van der Waals surface area contributed by atoms with Gasteiger partial charge in [0.2, 0.25) is 5.91 Å². The van der Waals surface area contributed by atoms with Crippen LogP contribution in [0.25, 0.3) is 0 Å². The number of hydrogen-bond donors (Lipinski definition) is 2. The zero-order valence-corrected chi connectivity index (χ0v) is 19.7. The average molecular weight is 461 g/mol. The van der Waals surface area contributed by atoms with Crippen molar-refractivity contribution in [3.05, 3.63) is 96.1 Å². The predicted octanol–water partition coefficient (Wildman–Crippen LogP) is 5.20. The van der Waals surface area contributed by atoms with Crippen LogP contribution in [0.15, 0.2) is 89.8 Å². The minimum Gasteiger partial charge on any atom is -0.507 e. The van der Waals surface area contributed by atoms with E-state index in [0.29, 0.717) is 0 Å². The average Bonchev–Trinajstić information content (AvgIpc) is 3.36.